The Morgan fingerprint density at radius 3 is 2.62 bits per heavy atom. The van der Waals surface area contributed by atoms with Gasteiger partial charge in [-0.1, -0.05) is 20.8 Å². The molecular formula is C14H20OS. The third-order valence-corrected chi connectivity index (χ3v) is 6.19. The van der Waals surface area contributed by atoms with Crippen LogP contribution in [0.2, 0.25) is 0 Å². The van der Waals surface area contributed by atoms with Crippen LogP contribution in [0.3, 0.4) is 0 Å². The van der Waals surface area contributed by atoms with E-state index in [0.717, 1.165) is 5.56 Å². The summed E-state index contributed by atoms with van der Waals surface area (Å²) in [5.74, 6) is 0.683. The van der Waals surface area contributed by atoms with Crippen molar-refractivity contribution in [3.63, 3.8) is 0 Å². The van der Waals surface area contributed by atoms with Crippen LogP contribution in [0, 0.1) is 16.7 Å². The van der Waals surface area contributed by atoms with E-state index in [0.29, 0.717) is 5.92 Å². The molecular weight excluding hydrogens is 216 g/mol. The summed E-state index contributed by atoms with van der Waals surface area (Å²) >= 11 is 1.69. The Balaban J connectivity index is 2.19. The largest absolute Gasteiger partial charge is 0.384 e. The number of fused-ring (bicyclic) bond motifs is 2. The molecule has 1 N–H and O–H groups in total. The van der Waals surface area contributed by atoms with E-state index in [9.17, 15) is 5.11 Å². The maximum Gasteiger partial charge on any atom is 0.101 e. The van der Waals surface area contributed by atoms with E-state index in [-0.39, 0.29) is 10.8 Å². The number of hydrogen-bond donors (Lipinski definition) is 1. The number of aliphatic hydroxyl groups is 1. The van der Waals surface area contributed by atoms with Gasteiger partial charge in [-0.3, -0.25) is 0 Å². The standard InChI is InChI=1S/C14H20OS/c1-12(2)10-4-6-13(3,8-10)14(12,15)11-5-7-16-9-11/h5,7,9-10,15H,4,6,8H2,1-3H3. The van der Waals surface area contributed by atoms with Crippen LogP contribution in [0.15, 0.2) is 16.8 Å². The fraction of sp³-hybridized carbons (Fsp3) is 0.714. The Hall–Kier alpha value is -0.340. The molecule has 2 bridgehead atoms. The van der Waals surface area contributed by atoms with Crippen LogP contribution in [-0.2, 0) is 5.60 Å². The SMILES string of the molecule is CC12CCC(C1)C(C)(C)C2(O)c1ccsc1. The van der Waals surface area contributed by atoms with E-state index in [2.05, 4.69) is 37.6 Å². The smallest absolute Gasteiger partial charge is 0.101 e. The van der Waals surface area contributed by atoms with Gasteiger partial charge < -0.3 is 5.11 Å². The molecule has 3 unspecified atom stereocenters. The molecule has 2 fully saturated rings. The topological polar surface area (TPSA) is 20.2 Å². The second-order valence-corrected chi connectivity index (χ2v) is 7.22. The van der Waals surface area contributed by atoms with Gasteiger partial charge in [0.25, 0.3) is 0 Å². The van der Waals surface area contributed by atoms with Crippen LogP contribution in [0.25, 0.3) is 0 Å². The van der Waals surface area contributed by atoms with Gasteiger partial charge in [0.2, 0.25) is 0 Å². The molecule has 88 valence electrons. The van der Waals surface area contributed by atoms with Gasteiger partial charge in [0.1, 0.15) is 5.60 Å². The zero-order valence-electron chi connectivity index (χ0n) is 10.3. The molecule has 1 nitrogen and oxygen atoms in total. The minimum atomic E-state index is -0.622. The summed E-state index contributed by atoms with van der Waals surface area (Å²) in [4.78, 5) is 0. The quantitative estimate of drug-likeness (QED) is 0.786. The van der Waals surface area contributed by atoms with Crippen molar-refractivity contribution in [2.75, 3.05) is 0 Å². The van der Waals surface area contributed by atoms with Crippen LogP contribution >= 0.6 is 11.3 Å². The lowest BCUT2D eigenvalue weighted by atomic mass is 9.58. The van der Waals surface area contributed by atoms with E-state index in [4.69, 9.17) is 0 Å². The zero-order valence-corrected chi connectivity index (χ0v) is 11.1. The summed E-state index contributed by atoms with van der Waals surface area (Å²) in [6, 6.07) is 2.11. The van der Waals surface area contributed by atoms with Crippen molar-refractivity contribution in [2.45, 2.75) is 45.6 Å². The number of hydrogen-bond acceptors (Lipinski definition) is 2. The first-order valence-electron chi connectivity index (χ1n) is 6.17. The van der Waals surface area contributed by atoms with Crippen molar-refractivity contribution in [1.82, 2.24) is 0 Å². The maximum absolute atomic E-state index is 11.3. The lowest BCUT2D eigenvalue weighted by Crippen LogP contribution is -2.51. The average Bonchev–Trinajstić information content (AvgIpc) is 2.86. The second kappa shape index (κ2) is 2.91. The second-order valence-electron chi connectivity index (χ2n) is 6.44. The van der Waals surface area contributed by atoms with Crippen molar-refractivity contribution in [1.29, 1.82) is 0 Å². The highest BCUT2D eigenvalue weighted by atomic mass is 32.1. The van der Waals surface area contributed by atoms with Crippen molar-refractivity contribution >= 4 is 11.3 Å². The molecule has 2 aliphatic carbocycles. The van der Waals surface area contributed by atoms with Crippen molar-refractivity contribution in [3.8, 4) is 0 Å². The molecule has 2 heteroatoms. The zero-order chi connectivity index (χ0) is 11.6. The first-order valence-corrected chi connectivity index (χ1v) is 7.11. The molecule has 16 heavy (non-hydrogen) atoms. The number of rotatable bonds is 1. The molecule has 0 amide bonds. The summed E-state index contributed by atoms with van der Waals surface area (Å²) in [6.45, 7) is 6.78. The Bertz CT molecular complexity index is 402. The molecule has 1 heterocycles. The average molecular weight is 236 g/mol. The third-order valence-electron chi connectivity index (χ3n) is 5.51. The Morgan fingerprint density at radius 1 is 1.38 bits per heavy atom. The van der Waals surface area contributed by atoms with E-state index in [1.165, 1.54) is 19.3 Å². The van der Waals surface area contributed by atoms with E-state index < -0.39 is 5.60 Å². The van der Waals surface area contributed by atoms with Gasteiger partial charge in [-0.05, 0) is 47.6 Å². The van der Waals surface area contributed by atoms with E-state index >= 15 is 0 Å². The Morgan fingerprint density at radius 2 is 2.12 bits per heavy atom. The summed E-state index contributed by atoms with van der Waals surface area (Å²) in [7, 11) is 0. The molecule has 3 rings (SSSR count). The van der Waals surface area contributed by atoms with Crippen LogP contribution in [0.4, 0.5) is 0 Å². The fourth-order valence-electron chi connectivity index (χ4n) is 4.45. The molecule has 2 saturated carbocycles. The highest BCUT2D eigenvalue weighted by molar-refractivity contribution is 7.08. The molecule has 1 aromatic heterocycles. The van der Waals surface area contributed by atoms with Gasteiger partial charge in [-0.15, -0.1) is 0 Å². The monoisotopic (exact) mass is 236 g/mol. The van der Waals surface area contributed by atoms with Crippen molar-refractivity contribution in [3.05, 3.63) is 22.4 Å². The Labute approximate surface area is 102 Å². The lowest BCUT2D eigenvalue weighted by Gasteiger charge is -2.50. The first-order chi connectivity index (χ1) is 7.42. The predicted octanol–water partition coefficient (Wildman–Crippen LogP) is 3.78. The van der Waals surface area contributed by atoms with Crippen molar-refractivity contribution < 1.29 is 5.11 Å². The van der Waals surface area contributed by atoms with Gasteiger partial charge >= 0.3 is 0 Å². The van der Waals surface area contributed by atoms with Gasteiger partial charge in [0, 0.05) is 10.8 Å². The van der Waals surface area contributed by atoms with Gasteiger partial charge in [0.05, 0.1) is 0 Å². The predicted molar refractivity (Wildman–Crippen MR) is 67.4 cm³/mol. The molecule has 0 spiro atoms. The fourth-order valence-corrected chi connectivity index (χ4v) is 5.15. The summed E-state index contributed by atoms with van der Waals surface area (Å²) < 4.78 is 0. The minimum Gasteiger partial charge on any atom is -0.384 e. The number of thiophene rings is 1. The first kappa shape index (κ1) is 10.8. The van der Waals surface area contributed by atoms with Crippen LogP contribution < -0.4 is 0 Å². The lowest BCUT2D eigenvalue weighted by molar-refractivity contribution is -0.150. The molecule has 1 aromatic rings. The summed E-state index contributed by atoms with van der Waals surface area (Å²) in [6.07, 6.45) is 3.65. The van der Waals surface area contributed by atoms with E-state index in [1.54, 1.807) is 11.3 Å². The molecule has 0 aliphatic heterocycles. The van der Waals surface area contributed by atoms with Crippen molar-refractivity contribution in [2.24, 2.45) is 16.7 Å². The highest BCUT2D eigenvalue weighted by Gasteiger charge is 2.69. The van der Waals surface area contributed by atoms with Crippen LogP contribution in [0.1, 0.15) is 45.6 Å². The van der Waals surface area contributed by atoms with Gasteiger partial charge in [-0.2, -0.15) is 11.3 Å². The normalized spacial score (nSPS) is 45.1. The molecule has 0 saturated heterocycles. The van der Waals surface area contributed by atoms with Gasteiger partial charge in [0.15, 0.2) is 0 Å². The van der Waals surface area contributed by atoms with Crippen LogP contribution in [0.5, 0.6) is 0 Å². The van der Waals surface area contributed by atoms with Gasteiger partial charge in [-0.25, -0.2) is 0 Å². The highest BCUT2D eigenvalue weighted by Crippen LogP contribution is 2.71. The summed E-state index contributed by atoms with van der Waals surface area (Å²) in [5.41, 5.74) is 0.624. The summed E-state index contributed by atoms with van der Waals surface area (Å²) in [5, 5.41) is 15.6. The molecule has 0 aromatic carbocycles. The Kier molecular flexibility index (Phi) is 1.96. The third kappa shape index (κ3) is 0.964. The van der Waals surface area contributed by atoms with E-state index in [1.807, 2.05) is 0 Å². The van der Waals surface area contributed by atoms with Crippen LogP contribution in [-0.4, -0.2) is 5.11 Å². The molecule has 2 aliphatic rings. The maximum atomic E-state index is 11.3. The molecule has 0 radical (unpaired) electrons. The molecule has 3 atom stereocenters. The minimum absolute atomic E-state index is 0.0150.